The molecule has 3 nitrogen and oxygen atoms in total. The van der Waals surface area contributed by atoms with Gasteiger partial charge in [-0.15, -0.1) is 12.4 Å². The molecule has 0 aromatic heterocycles. The molecule has 0 aliphatic carbocycles. The monoisotopic (exact) mass is 254 g/mol. The van der Waals surface area contributed by atoms with E-state index in [4.69, 9.17) is 9.73 Å². The van der Waals surface area contributed by atoms with Gasteiger partial charge in [0.15, 0.2) is 0 Å². The van der Waals surface area contributed by atoms with E-state index >= 15 is 0 Å². The van der Waals surface area contributed by atoms with Crippen molar-refractivity contribution in [3.63, 3.8) is 0 Å². The molecule has 1 aliphatic rings. The molecule has 0 saturated heterocycles. The van der Waals surface area contributed by atoms with Crippen LogP contribution in [0.2, 0.25) is 0 Å². The molecule has 1 aromatic carbocycles. The van der Waals surface area contributed by atoms with E-state index in [1.807, 2.05) is 12.1 Å². The zero-order chi connectivity index (χ0) is 11.5. The maximum Gasteiger partial charge on any atom is 0.118 e. The number of amidine groups is 1. The van der Waals surface area contributed by atoms with Crippen LogP contribution < -0.4 is 4.74 Å². The van der Waals surface area contributed by atoms with Crippen LogP contribution in [0, 0.1) is 0 Å². The van der Waals surface area contributed by atoms with Crippen LogP contribution in [0.3, 0.4) is 0 Å². The molecule has 1 heterocycles. The fourth-order valence-electron chi connectivity index (χ4n) is 1.93. The highest BCUT2D eigenvalue weighted by molar-refractivity contribution is 5.85. The van der Waals surface area contributed by atoms with Crippen LogP contribution in [0.4, 0.5) is 0 Å². The predicted octanol–water partition coefficient (Wildman–Crippen LogP) is 2.91. The molecule has 4 heteroatoms. The minimum absolute atomic E-state index is 0. The highest BCUT2D eigenvalue weighted by Gasteiger charge is 2.17. The summed E-state index contributed by atoms with van der Waals surface area (Å²) in [5.74, 6) is 2.02. The van der Waals surface area contributed by atoms with E-state index in [9.17, 15) is 0 Å². The second-order valence-corrected chi connectivity index (χ2v) is 4.18. The first-order valence-corrected chi connectivity index (χ1v) is 5.60. The average molecular weight is 255 g/mol. The van der Waals surface area contributed by atoms with Crippen molar-refractivity contribution < 1.29 is 4.74 Å². The van der Waals surface area contributed by atoms with Crippen molar-refractivity contribution in [1.29, 1.82) is 0 Å². The molecule has 1 aliphatic heterocycles. The molecule has 0 fully saturated rings. The maximum absolute atomic E-state index is 5.15. The third-order valence-electron chi connectivity index (χ3n) is 3.13. The summed E-state index contributed by atoms with van der Waals surface area (Å²) in [5.41, 5.74) is 1.27. The van der Waals surface area contributed by atoms with Crippen molar-refractivity contribution in [2.75, 3.05) is 20.7 Å². The van der Waals surface area contributed by atoms with E-state index in [1.54, 1.807) is 7.11 Å². The van der Waals surface area contributed by atoms with Gasteiger partial charge in [-0.05, 0) is 31.0 Å². The van der Waals surface area contributed by atoms with Crippen LogP contribution >= 0.6 is 12.4 Å². The van der Waals surface area contributed by atoms with Crippen LogP contribution in [0.25, 0.3) is 0 Å². The van der Waals surface area contributed by atoms with Crippen LogP contribution in [0.15, 0.2) is 29.3 Å². The van der Waals surface area contributed by atoms with Gasteiger partial charge in [0.05, 0.1) is 19.0 Å². The van der Waals surface area contributed by atoms with Gasteiger partial charge in [0.1, 0.15) is 5.75 Å². The number of halogens is 1. The molecule has 0 bridgehead atoms. The number of hydrogen-bond acceptors (Lipinski definition) is 3. The molecule has 1 atom stereocenters. The summed E-state index contributed by atoms with van der Waals surface area (Å²) in [6.07, 6.45) is 1.08. The van der Waals surface area contributed by atoms with E-state index in [-0.39, 0.29) is 12.4 Å². The number of methoxy groups -OCH3 is 1. The van der Waals surface area contributed by atoms with Gasteiger partial charge in [0.25, 0.3) is 0 Å². The predicted molar refractivity (Wildman–Crippen MR) is 73.3 cm³/mol. The minimum atomic E-state index is 0. The highest BCUT2D eigenvalue weighted by atomic mass is 35.5. The van der Waals surface area contributed by atoms with Gasteiger partial charge in [0.2, 0.25) is 0 Å². The molecule has 1 unspecified atom stereocenters. The second kappa shape index (κ2) is 5.92. The first kappa shape index (κ1) is 13.8. The molecule has 94 valence electrons. The Kier molecular flexibility index (Phi) is 4.82. The third kappa shape index (κ3) is 3.13. The largest absolute Gasteiger partial charge is 0.497 e. The Morgan fingerprint density at radius 1 is 1.29 bits per heavy atom. The van der Waals surface area contributed by atoms with Crippen molar-refractivity contribution in [1.82, 2.24) is 4.90 Å². The van der Waals surface area contributed by atoms with Crippen molar-refractivity contribution in [3.8, 4) is 5.75 Å². The lowest BCUT2D eigenvalue weighted by atomic mass is 10.0. The Morgan fingerprint density at radius 2 is 1.94 bits per heavy atom. The van der Waals surface area contributed by atoms with Crippen LogP contribution in [-0.4, -0.2) is 31.4 Å². The van der Waals surface area contributed by atoms with Gasteiger partial charge < -0.3 is 9.64 Å². The SMILES string of the molecule is COc1ccc(C2CCN(C)C(C)=N2)cc1.Cl. The Hall–Kier alpha value is -1.22. The summed E-state index contributed by atoms with van der Waals surface area (Å²) in [4.78, 5) is 6.89. The fourth-order valence-corrected chi connectivity index (χ4v) is 1.93. The topological polar surface area (TPSA) is 24.8 Å². The Bertz CT molecular complexity index is 389. The van der Waals surface area contributed by atoms with Gasteiger partial charge >= 0.3 is 0 Å². The lowest BCUT2D eigenvalue weighted by molar-refractivity contribution is 0.412. The molecule has 0 radical (unpaired) electrons. The van der Waals surface area contributed by atoms with Gasteiger partial charge in [-0.1, -0.05) is 12.1 Å². The second-order valence-electron chi connectivity index (χ2n) is 4.18. The summed E-state index contributed by atoms with van der Waals surface area (Å²) < 4.78 is 5.15. The summed E-state index contributed by atoms with van der Waals surface area (Å²) in [7, 11) is 3.77. The normalized spacial score (nSPS) is 19.4. The van der Waals surface area contributed by atoms with E-state index in [2.05, 4.69) is 31.0 Å². The maximum atomic E-state index is 5.15. The number of aliphatic imine (C=N–C) groups is 1. The smallest absolute Gasteiger partial charge is 0.118 e. The summed E-state index contributed by atoms with van der Waals surface area (Å²) >= 11 is 0. The number of benzene rings is 1. The standard InChI is InChI=1S/C13H18N2O.ClH/c1-10-14-13(8-9-15(10)2)11-4-6-12(16-3)7-5-11;/h4-7,13H,8-9H2,1-3H3;1H. The Balaban J connectivity index is 0.00000144. The molecular formula is C13H19ClN2O. The first-order valence-electron chi connectivity index (χ1n) is 5.60. The van der Waals surface area contributed by atoms with Crippen LogP contribution in [0.5, 0.6) is 5.75 Å². The quantitative estimate of drug-likeness (QED) is 0.811. The molecule has 0 amide bonds. The average Bonchev–Trinajstić information content (AvgIpc) is 2.33. The first-order chi connectivity index (χ1) is 7.70. The number of nitrogens with zero attached hydrogens (tertiary/aromatic N) is 2. The van der Waals surface area contributed by atoms with Crippen molar-refractivity contribution in [2.24, 2.45) is 4.99 Å². The lowest BCUT2D eigenvalue weighted by Crippen LogP contribution is -2.30. The molecule has 0 N–H and O–H groups in total. The Morgan fingerprint density at radius 3 is 2.47 bits per heavy atom. The summed E-state index contributed by atoms with van der Waals surface area (Å²) in [6.45, 7) is 3.14. The van der Waals surface area contributed by atoms with E-state index in [0.29, 0.717) is 6.04 Å². The molecular weight excluding hydrogens is 236 g/mol. The zero-order valence-electron chi connectivity index (χ0n) is 10.5. The van der Waals surface area contributed by atoms with Crippen molar-refractivity contribution in [2.45, 2.75) is 19.4 Å². The summed E-state index contributed by atoms with van der Waals surface area (Å²) in [6, 6.07) is 8.51. The number of hydrogen-bond donors (Lipinski definition) is 0. The van der Waals surface area contributed by atoms with Crippen LogP contribution in [0.1, 0.15) is 24.9 Å². The zero-order valence-corrected chi connectivity index (χ0v) is 11.3. The highest BCUT2D eigenvalue weighted by Crippen LogP contribution is 2.26. The lowest BCUT2D eigenvalue weighted by Gasteiger charge is -2.28. The third-order valence-corrected chi connectivity index (χ3v) is 3.13. The van der Waals surface area contributed by atoms with Gasteiger partial charge in [0, 0.05) is 13.6 Å². The van der Waals surface area contributed by atoms with E-state index in [0.717, 1.165) is 24.6 Å². The molecule has 17 heavy (non-hydrogen) atoms. The van der Waals surface area contributed by atoms with E-state index in [1.165, 1.54) is 5.56 Å². The molecule has 0 spiro atoms. The minimum Gasteiger partial charge on any atom is -0.497 e. The van der Waals surface area contributed by atoms with Crippen LogP contribution in [-0.2, 0) is 0 Å². The van der Waals surface area contributed by atoms with Gasteiger partial charge in [-0.3, -0.25) is 4.99 Å². The molecule has 2 rings (SSSR count). The van der Waals surface area contributed by atoms with Crippen molar-refractivity contribution >= 4 is 18.2 Å². The van der Waals surface area contributed by atoms with E-state index < -0.39 is 0 Å². The molecule has 1 aromatic rings. The van der Waals surface area contributed by atoms with Gasteiger partial charge in [-0.25, -0.2) is 0 Å². The Labute approximate surface area is 109 Å². The van der Waals surface area contributed by atoms with Crippen molar-refractivity contribution in [3.05, 3.63) is 29.8 Å². The number of ether oxygens (including phenoxy) is 1. The summed E-state index contributed by atoms with van der Waals surface area (Å²) in [5, 5.41) is 0. The number of rotatable bonds is 2. The molecule has 0 saturated carbocycles. The fraction of sp³-hybridized carbons (Fsp3) is 0.462. The van der Waals surface area contributed by atoms with Gasteiger partial charge in [-0.2, -0.15) is 0 Å².